The zero-order valence-corrected chi connectivity index (χ0v) is 13.9. The van der Waals surface area contributed by atoms with Gasteiger partial charge in [-0.15, -0.1) is 12.4 Å². The summed E-state index contributed by atoms with van der Waals surface area (Å²) in [5.41, 5.74) is 0.856. The molecule has 0 bridgehead atoms. The molecule has 2 aromatic rings. The van der Waals surface area contributed by atoms with Crippen LogP contribution in [0.4, 0.5) is 5.69 Å². The van der Waals surface area contributed by atoms with Gasteiger partial charge in [0.05, 0.1) is 10.6 Å². The summed E-state index contributed by atoms with van der Waals surface area (Å²) in [6.07, 6.45) is 2.56. The average Bonchev–Trinajstić information content (AvgIpc) is 3.25. The molecule has 24 heavy (non-hydrogen) atoms. The van der Waals surface area contributed by atoms with E-state index in [0.717, 1.165) is 19.5 Å². The van der Waals surface area contributed by atoms with Gasteiger partial charge < -0.3 is 10.2 Å². The number of carbonyl (C=O) groups excluding carboxylic acids is 1. The molecule has 0 spiro atoms. The Labute approximate surface area is 145 Å². The summed E-state index contributed by atoms with van der Waals surface area (Å²) in [7, 11) is 1.77. The Balaban J connectivity index is 0.00000208. The van der Waals surface area contributed by atoms with Crippen LogP contribution < -0.4 is 5.32 Å². The SMILES string of the molecule is CN(C(=O)c1ccn(-c2cccc([N+](=O)[O-])c2)n1)C1CCNC1.Cl. The Hall–Kier alpha value is -2.45. The smallest absolute Gasteiger partial charge is 0.274 e. The van der Waals surface area contributed by atoms with Crippen LogP contribution in [0.3, 0.4) is 0 Å². The van der Waals surface area contributed by atoms with E-state index in [9.17, 15) is 14.9 Å². The zero-order chi connectivity index (χ0) is 16.4. The van der Waals surface area contributed by atoms with E-state index < -0.39 is 4.92 Å². The Kier molecular flexibility index (Phi) is 5.53. The van der Waals surface area contributed by atoms with Crippen molar-refractivity contribution in [2.45, 2.75) is 12.5 Å². The van der Waals surface area contributed by atoms with Crippen LogP contribution in [0.15, 0.2) is 36.5 Å². The Morgan fingerprint density at radius 1 is 1.46 bits per heavy atom. The fourth-order valence-corrected chi connectivity index (χ4v) is 2.65. The van der Waals surface area contributed by atoms with Crippen LogP contribution in [0.2, 0.25) is 0 Å². The lowest BCUT2D eigenvalue weighted by molar-refractivity contribution is -0.384. The van der Waals surface area contributed by atoms with Crippen LogP contribution in [0.5, 0.6) is 0 Å². The van der Waals surface area contributed by atoms with Crippen molar-refractivity contribution >= 4 is 24.0 Å². The maximum Gasteiger partial charge on any atom is 0.274 e. The van der Waals surface area contributed by atoms with E-state index in [4.69, 9.17) is 0 Å². The second-order valence-electron chi connectivity index (χ2n) is 5.49. The van der Waals surface area contributed by atoms with Crippen molar-refractivity contribution in [3.63, 3.8) is 0 Å². The number of aromatic nitrogens is 2. The Morgan fingerprint density at radius 2 is 2.25 bits per heavy atom. The minimum Gasteiger partial charge on any atom is -0.336 e. The second-order valence-corrected chi connectivity index (χ2v) is 5.49. The fraction of sp³-hybridized carbons (Fsp3) is 0.333. The quantitative estimate of drug-likeness (QED) is 0.667. The molecule has 1 aliphatic rings. The van der Waals surface area contributed by atoms with Crippen molar-refractivity contribution in [1.82, 2.24) is 20.0 Å². The summed E-state index contributed by atoms with van der Waals surface area (Å²) in [5, 5.41) is 18.3. The summed E-state index contributed by atoms with van der Waals surface area (Å²) >= 11 is 0. The molecule has 2 heterocycles. The van der Waals surface area contributed by atoms with Gasteiger partial charge in [0, 0.05) is 38.0 Å². The van der Waals surface area contributed by atoms with Gasteiger partial charge in [0.25, 0.3) is 11.6 Å². The predicted octanol–water partition coefficient (Wildman–Crippen LogP) is 1.64. The third-order valence-electron chi connectivity index (χ3n) is 4.02. The largest absolute Gasteiger partial charge is 0.336 e. The van der Waals surface area contributed by atoms with E-state index in [1.165, 1.54) is 16.8 Å². The highest BCUT2D eigenvalue weighted by molar-refractivity contribution is 5.92. The van der Waals surface area contributed by atoms with E-state index in [0.29, 0.717) is 11.4 Å². The van der Waals surface area contributed by atoms with Gasteiger partial charge in [-0.3, -0.25) is 14.9 Å². The summed E-state index contributed by atoms with van der Waals surface area (Å²) in [5.74, 6) is -0.150. The molecule has 3 rings (SSSR count). The summed E-state index contributed by atoms with van der Waals surface area (Å²) < 4.78 is 1.47. The van der Waals surface area contributed by atoms with Gasteiger partial charge in [-0.1, -0.05) is 6.07 Å². The first-order valence-corrected chi connectivity index (χ1v) is 7.34. The van der Waals surface area contributed by atoms with Crippen LogP contribution >= 0.6 is 12.4 Å². The molecule has 1 fully saturated rings. The van der Waals surface area contributed by atoms with E-state index in [1.54, 1.807) is 36.3 Å². The number of nitrogens with zero attached hydrogens (tertiary/aromatic N) is 4. The van der Waals surface area contributed by atoms with Gasteiger partial charge in [-0.25, -0.2) is 4.68 Å². The van der Waals surface area contributed by atoms with Gasteiger partial charge in [0.15, 0.2) is 5.69 Å². The molecule has 1 N–H and O–H groups in total. The predicted molar refractivity (Wildman–Crippen MR) is 90.8 cm³/mol. The maximum absolute atomic E-state index is 12.5. The van der Waals surface area contributed by atoms with Gasteiger partial charge in [0.1, 0.15) is 0 Å². The molecule has 0 saturated carbocycles. The number of halogens is 1. The van der Waals surface area contributed by atoms with Crippen molar-refractivity contribution in [1.29, 1.82) is 0 Å². The van der Waals surface area contributed by atoms with Crippen molar-refractivity contribution < 1.29 is 9.72 Å². The third-order valence-corrected chi connectivity index (χ3v) is 4.02. The summed E-state index contributed by atoms with van der Waals surface area (Å²) in [6, 6.07) is 7.93. The second kappa shape index (κ2) is 7.41. The van der Waals surface area contributed by atoms with Gasteiger partial charge >= 0.3 is 0 Å². The number of carbonyl (C=O) groups is 1. The number of rotatable bonds is 4. The van der Waals surface area contributed by atoms with Crippen molar-refractivity contribution in [2.24, 2.45) is 0 Å². The number of benzene rings is 1. The molecular formula is C15H18ClN5O3. The van der Waals surface area contributed by atoms with Gasteiger partial charge in [-0.05, 0) is 25.1 Å². The topological polar surface area (TPSA) is 93.3 Å². The summed E-state index contributed by atoms with van der Waals surface area (Å²) in [4.78, 5) is 24.5. The molecule has 128 valence electrons. The van der Waals surface area contributed by atoms with Crippen molar-refractivity contribution in [3.05, 3.63) is 52.3 Å². The van der Waals surface area contributed by atoms with Crippen LogP contribution in [0.1, 0.15) is 16.9 Å². The molecule has 1 amide bonds. The van der Waals surface area contributed by atoms with Gasteiger partial charge in [0.2, 0.25) is 0 Å². The molecule has 8 nitrogen and oxygen atoms in total. The molecule has 1 saturated heterocycles. The van der Waals surface area contributed by atoms with E-state index in [2.05, 4.69) is 10.4 Å². The highest BCUT2D eigenvalue weighted by atomic mass is 35.5. The van der Waals surface area contributed by atoms with Gasteiger partial charge in [-0.2, -0.15) is 5.10 Å². The average molecular weight is 352 g/mol. The van der Waals surface area contributed by atoms with E-state index >= 15 is 0 Å². The summed E-state index contributed by atoms with van der Waals surface area (Å²) in [6.45, 7) is 1.69. The van der Waals surface area contributed by atoms with Crippen molar-refractivity contribution in [3.8, 4) is 5.69 Å². The van der Waals surface area contributed by atoms with E-state index in [-0.39, 0.29) is 30.0 Å². The molecule has 0 aliphatic carbocycles. The Bertz CT molecular complexity index is 742. The minimum absolute atomic E-state index is 0. The first-order chi connectivity index (χ1) is 11.1. The highest BCUT2D eigenvalue weighted by Crippen LogP contribution is 2.17. The monoisotopic (exact) mass is 351 g/mol. The molecule has 9 heteroatoms. The number of likely N-dealkylation sites (N-methyl/N-ethyl adjacent to an activating group) is 1. The van der Waals surface area contributed by atoms with E-state index in [1.807, 2.05) is 0 Å². The van der Waals surface area contributed by atoms with Crippen LogP contribution in [-0.2, 0) is 0 Å². The first-order valence-electron chi connectivity index (χ1n) is 7.34. The van der Waals surface area contributed by atoms with Crippen LogP contribution in [0, 0.1) is 10.1 Å². The van der Waals surface area contributed by atoms with Crippen LogP contribution in [-0.4, -0.2) is 51.7 Å². The normalized spacial score (nSPS) is 16.5. The number of nitro benzene ring substituents is 1. The number of hydrogen-bond donors (Lipinski definition) is 1. The highest BCUT2D eigenvalue weighted by Gasteiger charge is 2.25. The first kappa shape index (κ1) is 17.9. The van der Waals surface area contributed by atoms with Crippen molar-refractivity contribution in [2.75, 3.05) is 20.1 Å². The lowest BCUT2D eigenvalue weighted by atomic mass is 10.2. The lowest BCUT2D eigenvalue weighted by Crippen LogP contribution is -2.38. The molecule has 1 atom stereocenters. The number of nitrogens with one attached hydrogen (secondary N) is 1. The standard InChI is InChI=1S/C15H17N5O3.ClH/c1-18(13-5-7-16-10-13)15(21)14-6-8-19(17-14)11-3-2-4-12(9-11)20(22)23;/h2-4,6,8-9,13,16H,5,7,10H2,1H3;1H. The molecular weight excluding hydrogens is 334 g/mol. The molecule has 0 radical (unpaired) electrons. The number of nitro groups is 1. The number of non-ortho nitro benzene ring substituents is 1. The number of hydrogen-bond acceptors (Lipinski definition) is 5. The molecule has 1 aliphatic heterocycles. The minimum atomic E-state index is -0.458. The fourth-order valence-electron chi connectivity index (χ4n) is 2.65. The lowest BCUT2D eigenvalue weighted by Gasteiger charge is -2.22. The number of amides is 1. The third kappa shape index (κ3) is 3.55. The molecule has 1 unspecified atom stereocenters. The van der Waals surface area contributed by atoms with Crippen LogP contribution in [0.25, 0.3) is 5.69 Å². The zero-order valence-electron chi connectivity index (χ0n) is 13.1. The maximum atomic E-state index is 12.5. The molecule has 1 aromatic carbocycles. The Morgan fingerprint density at radius 3 is 2.92 bits per heavy atom. The molecule has 1 aromatic heterocycles.